The van der Waals surface area contributed by atoms with Crippen LogP contribution < -0.4 is 10.3 Å². The lowest BCUT2D eigenvalue weighted by Crippen LogP contribution is -2.36. The molecular formula is C22H28N4O2. The number of hydrogen-bond acceptors (Lipinski definition) is 4. The van der Waals surface area contributed by atoms with Gasteiger partial charge in [0.2, 0.25) is 0 Å². The van der Waals surface area contributed by atoms with Crippen LogP contribution in [0.5, 0.6) is 5.75 Å². The highest BCUT2D eigenvalue weighted by atomic mass is 16.5. The summed E-state index contributed by atoms with van der Waals surface area (Å²) in [5, 5.41) is 3.25. The van der Waals surface area contributed by atoms with E-state index in [0.717, 1.165) is 42.2 Å². The highest BCUT2D eigenvalue weighted by Gasteiger charge is 2.24. The van der Waals surface area contributed by atoms with Crippen LogP contribution in [0.3, 0.4) is 0 Å². The lowest BCUT2D eigenvalue weighted by molar-refractivity contribution is 0.241. The first-order chi connectivity index (χ1) is 13.3. The van der Waals surface area contributed by atoms with Crippen molar-refractivity contribution in [1.82, 2.24) is 19.5 Å². The Balaban J connectivity index is 1.58. The quantitative estimate of drug-likeness (QED) is 0.755. The second-order valence-corrected chi connectivity index (χ2v) is 8.49. The van der Waals surface area contributed by atoms with Gasteiger partial charge < -0.3 is 4.74 Å². The molecule has 4 rings (SSSR count). The van der Waals surface area contributed by atoms with Crippen molar-refractivity contribution in [1.29, 1.82) is 0 Å². The monoisotopic (exact) mass is 380 g/mol. The van der Waals surface area contributed by atoms with E-state index in [1.807, 2.05) is 25.1 Å². The predicted octanol–water partition coefficient (Wildman–Crippen LogP) is 3.28. The van der Waals surface area contributed by atoms with E-state index in [1.165, 1.54) is 5.56 Å². The molecule has 6 nitrogen and oxygen atoms in total. The van der Waals surface area contributed by atoms with Gasteiger partial charge in [-0.05, 0) is 24.6 Å². The molecule has 0 bridgehead atoms. The maximum Gasteiger partial charge on any atom is 0.277 e. The Morgan fingerprint density at radius 3 is 2.64 bits per heavy atom. The predicted molar refractivity (Wildman–Crippen MR) is 110 cm³/mol. The van der Waals surface area contributed by atoms with Gasteiger partial charge in [0.1, 0.15) is 5.75 Å². The molecule has 0 saturated heterocycles. The molecule has 1 N–H and O–H groups in total. The van der Waals surface area contributed by atoms with Gasteiger partial charge in [-0.25, -0.2) is 9.50 Å². The molecule has 3 aromatic rings. The Labute approximate surface area is 165 Å². The van der Waals surface area contributed by atoms with Crippen molar-refractivity contribution in [2.45, 2.75) is 52.6 Å². The van der Waals surface area contributed by atoms with Gasteiger partial charge in [0.25, 0.3) is 5.56 Å². The van der Waals surface area contributed by atoms with Crippen molar-refractivity contribution in [3.8, 4) is 5.75 Å². The van der Waals surface area contributed by atoms with Crippen LogP contribution in [0.2, 0.25) is 0 Å². The number of fused-ring (bicyclic) bond motifs is 2. The summed E-state index contributed by atoms with van der Waals surface area (Å²) in [6, 6.07) is 10.2. The molecule has 1 aliphatic heterocycles. The molecular weight excluding hydrogens is 352 g/mol. The number of ether oxygens (including phenoxy) is 1. The zero-order valence-corrected chi connectivity index (χ0v) is 17.1. The first-order valence-corrected chi connectivity index (χ1v) is 9.93. The first-order valence-electron chi connectivity index (χ1n) is 9.93. The number of H-pyrrole nitrogens is 1. The first kappa shape index (κ1) is 18.7. The molecule has 3 heterocycles. The van der Waals surface area contributed by atoms with Gasteiger partial charge in [-0.1, -0.05) is 32.9 Å². The second kappa shape index (κ2) is 7.09. The van der Waals surface area contributed by atoms with Crippen LogP contribution in [0, 0.1) is 0 Å². The molecule has 1 aromatic carbocycles. The molecule has 0 saturated carbocycles. The maximum absolute atomic E-state index is 13.1. The highest BCUT2D eigenvalue weighted by molar-refractivity contribution is 5.43. The SMILES string of the molecule is CCOc1ccc(CN2CCc3nc4cc(C(C)(C)C)[nH]n4c(=O)c3C2)cc1. The average Bonchev–Trinajstić information content (AvgIpc) is 3.09. The molecule has 0 fully saturated rings. The number of aromatic nitrogens is 3. The van der Waals surface area contributed by atoms with Gasteiger partial charge in [-0.15, -0.1) is 0 Å². The Morgan fingerprint density at radius 2 is 1.96 bits per heavy atom. The van der Waals surface area contributed by atoms with Crippen molar-refractivity contribution in [2.24, 2.45) is 0 Å². The summed E-state index contributed by atoms with van der Waals surface area (Å²) in [6.45, 7) is 11.4. The summed E-state index contributed by atoms with van der Waals surface area (Å²) >= 11 is 0. The fourth-order valence-electron chi connectivity index (χ4n) is 3.67. The standard InChI is InChI=1S/C22H28N4O2/c1-5-28-16-8-6-15(7-9-16)13-25-11-10-18-17(14-25)21(27)26-20(23-18)12-19(24-26)22(2,3)4/h6-9,12,24H,5,10-11,13-14H2,1-4H3. The molecule has 0 unspecified atom stereocenters. The molecule has 6 heteroatoms. The largest absolute Gasteiger partial charge is 0.494 e. The van der Waals surface area contributed by atoms with E-state index in [1.54, 1.807) is 4.52 Å². The average molecular weight is 380 g/mol. The maximum atomic E-state index is 13.1. The number of nitrogens with zero attached hydrogens (tertiary/aromatic N) is 3. The fourth-order valence-corrected chi connectivity index (χ4v) is 3.67. The van der Waals surface area contributed by atoms with Crippen molar-refractivity contribution in [3.05, 3.63) is 63.2 Å². The van der Waals surface area contributed by atoms with Gasteiger partial charge in [-0.3, -0.25) is 14.8 Å². The van der Waals surface area contributed by atoms with E-state index in [2.05, 4.69) is 42.9 Å². The lowest BCUT2D eigenvalue weighted by atomic mass is 9.93. The Hall–Kier alpha value is -2.60. The van der Waals surface area contributed by atoms with Crippen molar-refractivity contribution >= 4 is 5.65 Å². The number of hydrogen-bond donors (Lipinski definition) is 1. The van der Waals surface area contributed by atoms with Gasteiger partial charge in [0, 0.05) is 43.2 Å². The van der Waals surface area contributed by atoms with Gasteiger partial charge in [-0.2, -0.15) is 0 Å². The van der Waals surface area contributed by atoms with E-state index in [0.29, 0.717) is 18.8 Å². The topological polar surface area (TPSA) is 62.6 Å². The molecule has 2 aromatic heterocycles. The van der Waals surface area contributed by atoms with Crippen molar-refractivity contribution < 1.29 is 4.74 Å². The Morgan fingerprint density at radius 1 is 1.21 bits per heavy atom. The molecule has 148 valence electrons. The molecule has 0 atom stereocenters. The van der Waals surface area contributed by atoms with Crippen LogP contribution in [-0.2, 0) is 24.9 Å². The molecule has 0 spiro atoms. The van der Waals surface area contributed by atoms with Crippen LogP contribution in [0.25, 0.3) is 5.65 Å². The minimum absolute atomic E-state index is 0.0203. The van der Waals surface area contributed by atoms with E-state index in [-0.39, 0.29) is 11.0 Å². The molecule has 28 heavy (non-hydrogen) atoms. The third-order valence-corrected chi connectivity index (χ3v) is 5.29. The van der Waals surface area contributed by atoms with Crippen LogP contribution >= 0.6 is 0 Å². The molecule has 1 aliphatic rings. The van der Waals surface area contributed by atoms with Crippen molar-refractivity contribution in [3.63, 3.8) is 0 Å². The zero-order chi connectivity index (χ0) is 19.9. The number of nitrogens with one attached hydrogen (secondary N) is 1. The van der Waals surface area contributed by atoms with Gasteiger partial charge >= 0.3 is 0 Å². The Bertz CT molecular complexity index is 1040. The highest BCUT2D eigenvalue weighted by Crippen LogP contribution is 2.23. The minimum atomic E-state index is -0.0552. The van der Waals surface area contributed by atoms with E-state index >= 15 is 0 Å². The number of benzene rings is 1. The zero-order valence-electron chi connectivity index (χ0n) is 17.1. The van der Waals surface area contributed by atoms with E-state index in [4.69, 9.17) is 9.72 Å². The third-order valence-electron chi connectivity index (χ3n) is 5.29. The van der Waals surface area contributed by atoms with Crippen LogP contribution in [-0.4, -0.2) is 32.6 Å². The third kappa shape index (κ3) is 3.56. The number of aromatic amines is 1. The van der Waals surface area contributed by atoms with Crippen LogP contribution in [0.4, 0.5) is 0 Å². The van der Waals surface area contributed by atoms with Gasteiger partial charge in [0.15, 0.2) is 5.65 Å². The summed E-state index contributed by atoms with van der Waals surface area (Å²) in [6.07, 6.45) is 0.800. The summed E-state index contributed by atoms with van der Waals surface area (Å²) in [4.78, 5) is 20.2. The fraction of sp³-hybridized carbons (Fsp3) is 0.455. The molecule has 0 aliphatic carbocycles. The van der Waals surface area contributed by atoms with Crippen LogP contribution in [0.15, 0.2) is 35.1 Å². The summed E-state index contributed by atoms with van der Waals surface area (Å²) in [5.41, 5.74) is 4.66. The van der Waals surface area contributed by atoms with Crippen LogP contribution in [0.1, 0.15) is 50.2 Å². The number of rotatable bonds is 4. The van der Waals surface area contributed by atoms with Gasteiger partial charge in [0.05, 0.1) is 17.9 Å². The molecule has 0 radical (unpaired) electrons. The van der Waals surface area contributed by atoms with Crippen molar-refractivity contribution in [2.75, 3.05) is 13.2 Å². The minimum Gasteiger partial charge on any atom is -0.494 e. The van der Waals surface area contributed by atoms with E-state index in [9.17, 15) is 4.79 Å². The summed E-state index contributed by atoms with van der Waals surface area (Å²) in [7, 11) is 0. The smallest absolute Gasteiger partial charge is 0.277 e. The second-order valence-electron chi connectivity index (χ2n) is 8.49. The Kier molecular flexibility index (Phi) is 4.75. The van der Waals surface area contributed by atoms with E-state index < -0.39 is 0 Å². The molecule has 0 amide bonds. The normalized spacial score (nSPS) is 15.0. The summed E-state index contributed by atoms with van der Waals surface area (Å²) in [5.74, 6) is 0.890. The lowest BCUT2D eigenvalue weighted by Gasteiger charge is -2.27. The summed E-state index contributed by atoms with van der Waals surface area (Å²) < 4.78 is 7.11.